The second-order valence-corrected chi connectivity index (χ2v) is 7.32. The molecule has 1 aliphatic heterocycles. The number of esters is 1. The molecule has 0 fully saturated rings. The zero-order chi connectivity index (χ0) is 16.4. The Hall–Kier alpha value is -2.07. The van der Waals surface area contributed by atoms with Crippen LogP contribution in [-0.2, 0) is 16.1 Å². The summed E-state index contributed by atoms with van der Waals surface area (Å²) in [6.07, 6.45) is -0.000313. The minimum Gasteiger partial charge on any atom is -0.454 e. The topological polar surface area (TPSA) is 48.3 Å². The van der Waals surface area contributed by atoms with Crippen LogP contribution in [0.3, 0.4) is 0 Å². The molecular weight excluding hydrogens is 314 g/mol. The van der Waals surface area contributed by atoms with Gasteiger partial charge in [-0.1, -0.05) is 37.6 Å². The predicted octanol–water partition coefficient (Wildman–Crippen LogP) is 4.02. The summed E-state index contributed by atoms with van der Waals surface area (Å²) in [4.78, 5) is 24.6. The van der Waals surface area contributed by atoms with E-state index < -0.39 is 5.41 Å². The summed E-state index contributed by atoms with van der Waals surface area (Å²) in [5.41, 5.74) is 2.90. The van der Waals surface area contributed by atoms with Gasteiger partial charge in [-0.25, -0.2) is 0 Å². The Morgan fingerprint density at radius 2 is 1.91 bits per heavy atom. The van der Waals surface area contributed by atoms with Gasteiger partial charge in [-0.3, -0.25) is 9.59 Å². The van der Waals surface area contributed by atoms with Crippen molar-refractivity contribution >= 4 is 23.4 Å². The fraction of sp³-hybridized carbons (Fsp3) is 0.333. The Kier molecular flexibility index (Phi) is 2.97. The first-order valence-electron chi connectivity index (χ1n) is 7.59. The number of benzene rings is 1. The summed E-state index contributed by atoms with van der Waals surface area (Å²) in [5.74, 6) is -0.157. The summed E-state index contributed by atoms with van der Waals surface area (Å²) in [6.45, 7) is 4.07. The Balaban J connectivity index is 1.96. The van der Waals surface area contributed by atoms with Gasteiger partial charge >= 0.3 is 5.97 Å². The number of ketones is 1. The molecule has 2 aliphatic rings. The molecule has 1 atom stereocenters. The van der Waals surface area contributed by atoms with Crippen molar-refractivity contribution in [3.8, 4) is 11.3 Å². The van der Waals surface area contributed by atoms with Crippen LogP contribution in [0.2, 0.25) is 5.02 Å². The van der Waals surface area contributed by atoms with Gasteiger partial charge in [-0.05, 0) is 23.8 Å². The number of aromatic nitrogens is 1. The molecule has 1 aromatic carbocycles. The lowest BCUT2D eigenvalue weighted by molar-refractivity contribution is -0.161. The number of carbonyl (C=O) groups excluding carboxylic acids is 2. The van der Waals surface area contributed by atoms with E-state index in [4.69, 9.17) is 16.3 Å². The van der Waals surface area contributed by atoms with E-state index in [-0.39, 0.29) is 24.4 Å². The molecule has 0 saturated carbocycles. The van der Waals surface area contributed by atoms with Gasteiger partial charge in [0, 0.05) is 28.1 Å². The molecule has 0 radical (unpaired) electrons. The van der Waals surface area contributed by atoms with E-state index in [1.807, 2.05) is 36.6 Å². The number of carbonyl (C=O) groups is 2. The number of hydrogen-bond donors (Lipinski definition) is 0. The van der Waals surface area contributed by atoms with Crippen molar-refractivity contribution in [3.05, 3.63) is 46.6 Å². The molecule has 4 rings (SSSR count). The molecule has 0 amide bonds. The highest BCUT2D eigenvalue weighted by Crippen LogP contribution is 2.49. The van der Waals surface area contributed by atoms with Gasteiger partial charge in [0.15, 0.2) is 5.78 Å². The fourth-order valence-corrected chi connectivity index (χ4v) is 3.71. The average molecular weight is 330 g/mol. The van der Waals surface area contributed by atoms with Crippen LogP contribution < -0.4 is 0 Å². The van der Waals surface area contributed by atoms with Crippen molar-refractivity contribution < 1.29 is 14.3 Å². The van der Waals surface area contributed by atoms with Crippen LogP contribution in [0.1, 0.15) is 42.4 Å². The normalized spacial score (nSPS) is 21.8. The van der Waals surface area contributed by atoms with Crippen LogP contribution in [-0.4, -0.2) is 16.3 Å². The van der Waals surface area contributed by atoms with Crippen molar-refractivity contribution in [2.75, 3.05) is 0 Å². The molecule has 0 saturated heterocycles. The lowest BCUT2D eigenvalue weighted by Crippen LogP contribution is -2.40. The van der Waals surface area contributed by atoms with Gasteiger partial charge in [-0.2, -0.15) is 0 Å². The Morgan fingerprint density at radius 1 is 1.22 bits per heavy atom. The summed E-state index contributed by atoms with van der Waals surface area (Å²) >= 11 is 5.96. The molecule has 118 valence electrons. The largest absolute Gasteiger partial charge is 0.454 e. The van der Waals surface area contributed by atoms with Crippen LogP contribution in [0.15, 0.2) is 30.3 Å². The molecule has 0 N–H and O–H groups in total. The maximum absolute atomic E-state index is 12.5. The Morgan fingerprint density at radius 3 is 2.61 bits per heavy atom. The minimum absolute atomic E-state index is 0.105. The van der Waals surface area contributed by atoms with E-state index in [1.54, 1.807) is 12.1 Å². The predicted molar refractivity (Wildman–Crippen MR) is 86.4 cm³/mol. The molecule has 5 heteroatoms. The number of hydrogen-bond acceptors (Lipinski definition) is 3. The van der Waals surface area contributed by atoms with Gasteiger partial charge < -0.3 is 9.30 Å². The first-order valence-corrected chi connectivity index (χ1v) is 7.97. The lowest BCUT2D eigenvalue weighted by atomic mass is 9.73. The van der Waals surface area contributed by atoms with E-state index in [1.165, 1.54) is 0 Å². The SMILES string of the molecule is CC1(C)CC(=O)c2cc(-c3ccc(Cl)cc3)n3c2C1OC(=O)C3. The molecule has 1 unspecified atom stereocenters. The second kappa shape index (κ2) is 4.71. The van der Waals surface area contributed by atoms with Crippen LogP contribution >= 0.6 is 11.6 Å². The molecule has 0 spiro atoms. The van der Waals surface area contributed by atoms with Crippen molar-refractivity contribution in [1.82, 2.24) is 4.57 Å². The maximum atomic E-state index is 12.5. The van der Waals surface area contributed by atoms with Gasteiger partial charge in [0.25, 0.3) is 0 Å². The number of nitrogens with zero attached hydrogens (tertiary/aromatic N) is 1. The average Bonchev–Trinajstić information content (AvgIpc) is 2.85. The first-order chi connectivity index (χ1) is 10.9. The molecule has 2 aromatic rings. The zero-order valence-corrected chi connectivity index (χ0v) is 13.7. The third-order valence-corrected chi connectivity index (χ3v) is 4.94. The molecule has 2 heterocycles. The van der Waals surface area contributed by atoms with Gasteiger partial charge in [0.05, 0.1) is 5.69 Å². The number of ether oxygens (including phenoxy) is 1. The zero-order valence-electron chi connectivity index (χ0n) is 12.9. The molecule has 4 nitrogen and oxygen atoms in total. The molecule has 23 heavy (non-hydrogen) atoms. The lowest BCUT2D eigenvalue weighted by Gasteiger charge is -2.40. The van der Waals surface area contributed by atoms with Crippen LogP contribution in [0.4, 0.5) is 0 Å². The van der Waals surface area contributed by atoms with Crippen LogP contribution in [0, 0.1) is 5.41 Å². The third-order valence-electron chi connectivity index (χ3n) is 4.69. The van der Waals surface area contributed by atoms with Gasteiger partial charge in [0.2, 0.25) is 0 Å². The van der Waals surface area contributed by atoms with Crippen molar-refractivity contribution in [1.29, 1.82) is 0 Å². The summed E-state index contributed by atoms with van der Waals surface area (Å²) in [5, 5.41) is 0.651. The van der Waals surface area contributed by atoms with Crippen LogP contribution in [0.5, 0.6) is 0 Å². The van der Waals surface area contributed by atoms with E-state index in [9.17, 15) is 9.59 Å². The Bertz CT molecular complexity index is 833. The highest BCUT2D eigenvalue weighted by molar-refractivity contribution is 6.30. The molecular formula is C18H16ClNO3. The minimum atomic E-state index is -0.395. The monoisotopic (exact) mass is 329 g/mol. The van der Waals surface area contributed by atoms with Gasteiger partial charge in [0.1, 0.15) is 12.6 Å². The summed E-state index contributed by atoms with van der Waals surface area (Å²) in [6, 6.07) is 9.29. The van der Waals surface area contributed by atoms with Crippen molar-refractivity contribution in [3.63, 3.8) is 0 Å². The first kappa shape index (κ1) is 14.5. The molecule has 1 aromatic heterocycles. The van der Waals surface area contributed by atoms with E-state index in [2.05, 4.69) is 0 Å². The smallest absolute Gasteiger partial charge is 0.326 e. The van der Waals surface area contributed by atoms with E-state index in [0.717, 1.165) is 17.0 Å². The second-order valence-electron chi connectivity index (χ2n) is 6.88. The van der Waals surface area contributed by atoms with E-state index >= 15 is 0 Å². The highest BCUT2D eigenvalue weighted by Gasteiger charge is 2.47. The molecule has 0 bridgehead atoms. The number of rotatable bonds is 1. The van der Waals surface area contributed by atoms with Crippen molar-refractivity contribution in [2.45, 2.75) is 32.9 Å². The summed E-state index contributed by atoms with van der Waals surface area (Å²) < 4.78 is 7.52. The standard InChI is InChI=1S/C18H16ClNO3/c1-18(2)8-14(21)12-7-13(10-3-5-11(19)6-4-10)20-9-15(22)23-17(18)16(12)20/h3-7,17H,8-9H2,1-2H3. The number of halogens is 1. The quantitative estimate of drug-likeness (QED) is 0.742. The maximum Gasteiger partial charge on any atom is 0.326 e. The van der Waals surface area contributed by atoms with Gasteiger partial charge in [-0.15, -0.1) is 0 Å². The summed E-state index contributed by atoms with van der Waals surface area (Å²) in [7, 11) is 0. The highest BCUT2D eigenvalue weighted by atomic mass is 35.5. The van der Waals surface area contributed by atoms with Crippen LogP contribution in [0.25, 0.3) is 11.3 Å². The van der Waals surface area contributed by atoms with Crippen molar-refractivity contribution in [2.24, 2.45) is 5.41 Å². The third kappa shape index (κ3) is 2.12. The van der Waals surface area contributed by atoms with E-state index in [0.29, 0.717) is 17.0 Å². The molecule has 1 aliphatic carbocycles. The number of Topliss-reactive ketones (excluding diaryl/α,β-unsaturated/α-hetero) is 1. The Labute approximate surface area is 139 Å². The fourth-order valence-electron chi connectivity index (χ4n) is 3.59.